The predicted molar refractivity (Wildman–Crippen MR) is 79.2 cm³/mol. The van der Waals surface area contributed by atoms with Crippen LogP contribution >= 0.6 is 24.0 Å². The second kappa shape index (κ2) is 4.03. The number of aliphatic imine (C=N–C) groups is 1. The van der Waals surface area contributed by atoms with E-state index in [1.807, 2.05) is 0 Å². The monoisotopic (exact) mass is 337 g/mol. The topological polar surface area (TPSA) is 41.6 Å². The molecular formula is C12H24IN3. The smallest absolute Gasteiger partial charge is 0.191 e. The van der Waals surface area contributed by atoms with Crippen molar-refractivity contribution in [1.82, 2.24) is 4.90 Å². The molecule has 3 nitrogen and oxygen atoms in total. The largest absolute Gasteiger partial charge is 0.370 e. The summed E-state index contributed by atoms with van der Waals surface area (Å²) in [6, 6.07) is 1.03. The molecule has 4 heteroatoms. The quantitative estimate of drug-likeness (QED) is 0.478. The summed E-state index contributed by atoms with van der Waals surface area (Å²) in [5.41, 5.74) is 6.60. The van der Waals surface area contributed by atoms with E-state index < -0.39 is 0 Å². The van der Waals surface area contributed by atoms with Crippen LogP contribution in [-0.4, -0.2) is 30.0 Å². The van der Waals surface area contributed by atoms with E-state index >= 15 is 0 Å². The Balaban J connectivity index is 0.00000128. The van der Waals surface area contributed by atoms with Crippen LogP contribution in [0.15, 0.2) is 4.99 Å². The molecule has 16 heavy (non-hydrogen) atoms. The minimum absolute atomic E-state index is 0. The zero-order chi connectivity index (χ0) is 11.4. The third-order valence-corrected chi connectivity index (χ3v) is 4.66. The van der Waals surface area contributed by atoms with Gasteiger partial charge in [0.1, 0.15) is 0 Å². The molecule has 0 heterocycles. The Labute approximate surface area is 116 Å². The maximum atomic E-state index is 6.02. The Hall–Kier alpha value is 0. The number of hydrogen-bond donors (Lipinski definition) is 1. The molecule has 2 aliphatic rings. The first kappa shape index (κ1) is 14.1. The lowest BCUT2D eigenvalue weighted by Crippen LogP contribution is -2.36. The first-order valence-electron chi connectivity index (χ1n) is 5.84. The minimum Gasteiger partial charge on any atom is -0.370 e. The van der Waals surface area contributed by atoms with Crippen molar-refractivity contribution in [3.05, 3.63) is 0 Å². The fourth-order valence-electron chi connectivity index (χ4n) is 2.36. The van der Waals surface area contributed by atoms with Crippen LogP contribution in [0.2, 0.25) is 0 Å². The maximum absolute atomic E-state index is 6.02. The van der Waals surface area contributed by atoms with Gasteiger partial charge in [0.2, 0.25) is 0 Å². The number of rotatable bonds is 2. The fourth-order valence-corrected chi connectivity index (χ4v) is 2.36. The molecule has 0 aromatic rings. The molecule has 0 radical (unpaired) electrons. The zero-order valence-electron chi connectivity index (χ0n) is 10.9. The molecule has 2 N–H and O–H groups in total. The first-order valence-corrected chi connectivity index (χ1v) is 5.84. The summed E-state index contributed by atoms with van der Waals surface area (Å²) >= 11 is 0. The van der Waals surface area contributed by atoms with Gasteiger partial charge in [-0.05, 0) is 23.7 Å². The summed E-state index contributed by atoms with van der Waals surface area (Å²) in [6.07, 6.45) is 2.54. The third-order valence-electron chi connectivity index (χ3n) is 4.66. The van der Waals surface area contributed by atoms with Gasteiger partial charge in [-0.15, -0.1) is 24.0 Å². The normalized spacial score (nSPS) is 27.2. The highest BCUT2D eigenvalue weighted by Crippen LogP contribution is 2.64. The van der Waals surface area contributed by atoms with Crippen LogP contribution in [0.1, 0.15) is 40.5 Å². The summed E-state index contributed by atoms with van der Waals surface area (Å²) < 4.78 is 0. The van der Waals surface area contributed by atoms with Crippen molar-refractivity contribution >= 4 is 29.9 Å². The van der Waals surface area contributed by atoms with Crippen LogP contribution in [-0.2, 0) is 0 Å². The fraction of sp³-hybridized carbons (Fsp3) is 0.917. The second-order valence-electron chi connectivity index (χ2n) is 6.18. The molecule has 0 aromatic heterocycles. The number of nitrogens with zero attached hydrogens (tertiary/aromatic N) is 2. The lowest BCUT2D eigenvalue weighted by Gasteiger charge is -2.17. The first-order chi connectivity index (χ1) is 6.78. The molecule has 2 rings (SSSR count). The average molecular weight is 337 g/mol. The summed E-state index contributed by atoms with van der Waals surface area (Å²) in [5, 5.41) is 0. The van der Waals surface area contributed by atoms with Crippen molar-refractivity contribution in [2.75, 3.05) is 7.05 Å². The molecule has 2 saturated carbocycles. The molecule has 0 aromatic carbocycles. The van der Waals surface area contributed by atoms with Crippen LogP contribution in [0.4, 0.5) is 0 Å². The highest BCUT2D eigenvalue weighted by molar-refractivity contribution is 14.0. The number of halogens is 1. The van der Waals surface area contributed by atoms with Crippen molar-refractivity contribution in [2.45, 2.75) is 52.6 Å². The van der Waals surface area contributed by atoms with Crippen LogP contribution in [0.5, 0.6) is 0 Å². The summed E-state index contributed by atoms with van der Waals surface area (Å²) in [4.78, 5) is 6.80. The molecule has 0 unspecified atom stereocenters. The Morgan fingerprint density at radius 2 is 1.62 bits per heavy atom. The van der Waals surface area contributed by atoms with Gasteiger partial charge in [-0.25, -0.2) is 4.99 Å². The standard InChI is InChI=1S/C12H23N3.HI/c1-11(2)9(12(11,3)4)14-10(13)15(5)8-6-7-8;/h8-9H,6-7H2,1-5H3,(H2,13,14);1H. The van der Waals surface area contributed by atoms with Crippen LogP contribution in [0.3, 0.4) is 0 Å². The number of nitrogens with two attached hydrogens (primary N) is 1. The molecule has 0 aliphatic heterocycles. The van der Waals surface area contributed by atoms with Gasteiger partial charge in [0, 0.05) is 13.1 Å². The van der Waals surface area contributed by atoms with Crippen molar-refractivity contribution in [2.24, 2.45) is 21.6 Å². The van der Waals surface area contributed by atoms with Gasteiger partial charge in [-0.2, -0.15) is 0 Å². The van der Waals surface area contributed by atoms with E-state index in [-0.39, 0.29) is 24.0 Å². The molecule has 0 amide bonds. The molecule has 0 atom stereocenters. The van der Waals surface area contributed by atoms with E-state index in [1.165, 1.54) is 12.8 Å². The molecule has 2 aliphatic carbocycles. The molecule has 0 saturated heterocycles. The molecule has 94 valence electrons. The third kappa shape index (κ3) is 2.05. The molecule has 2 fully saturated rings. The number of hydrogen-bond acceptors (Lipinski definition) is 1. The van der Waals surface area contributed by atoms with Gasteiger partial charge < -0.3 is 10.6 Å². The van der Waals surface area contributed by atoms with E-state index in [0.29, 0.717) is 22.9 Å². The van der Waals surface area contributed by atoms with E-state index in [0.717, 1.165) is 5.96 Å². The SMILES string of the molecule is CN(C(N)=NC1C(C)(C)C1(C)C)C1CC1.I. The molecule has 0 bridgehead atoms. The van der Waals surface area contributed by atoms with E-state index in [1.54, 1.807) is 0 Å². The lowest BCUT2D eigenvalue weighted by atomic mass is 10.0. The Kier molecular flexibility index (Phi) is 3.54. The predicted octanol–water partition coefficient (Wildman–Crippen LogP) is 2.45. The Morgan fingerprint density at radius 1 is 1.19 bits per heavy atom. The van der Waals surface area contributed by atoms with E-state index in [4.69, 9.17) is 5.73 Å². The summed E-state index contributed by atoms with van der Waals surface area (Å²) in [6.45, 7) is 9.08. The van der Waals surface area contributed by atoms with Crippen LogP contribution < -0.4 is 5.73 Å². The highest BCUT2D eigenvalue weighted by Gasteiger charge is 2.65. The van der Waals surface area contributed by atoms with Crippen molar-refractivity contribution in [3.63, 3.8) is 0 Å². The molecular weight excluding hydrogens is 313 g/mol. The van der Waals surface area contributed by atoms with Gasteiger partial charge in [0.05, 0.1) is 6.04 Å². The Bertz CT molecular complexity index is 291. The second-order valence-corrected chi connectivity index (χ2v) is 6.18. The average Bonchev–Trinajstić information content (AvgIpc) is 3.00. The van der Waals surface area contributed by atoms with Crippen LogP contribution in [0.25, 0.3) is 0 Å². The van der Waals surface area contributed by atoms with Crippen molar-refractivity contribution in [1.29, 1.82) is 0 Å². The highest BCUT2D eigenvalue weighted by atomic mass is 127. The van der Waals surface area contributed by atoms with E-state index in [9.17, 15) is 0 Å². The van der Waals surface area contributed by atoms with Gasteiger partial charge in [-0.3, -0.25) is 0 Å². The summed E-state index contributed by atoms with van der Waals surface area (Å²) in [7, 11) is 2.05. The van der Waals surface area contributed by atoms with Gasteiger partial charge in [0.15, 0.2) is 5.96 Å². The number of guanidine groups is 1. The van der Waals surface area contributed by atoms with Gasteiger partial charge in [-0.1, -0.05) is 27.7 Å². The van der Waals surface area contributed by atoms with Gasteiger partial charge >= 0.3 is 0 Å². The summed E-state index contributed by atoms with van der Waals surface area (Å²) in [5.74, 6) is 0.723. The van der Waals surface area contributed by atoms with Crippen molar-refractivity contribution < 1.29 is 0 Å². The lowest BCUT2D eigenvalue weighted by molar-refractivity contribution is 0.457. The molecule has 0 spiro atoms. The maximum Gasteiger partial charge on any atom is 0.191 e. The van der Waals surface area contributed by atoms with E-state index in [2.05, 4.69) is 44.6 Å². The minimum atomic E-state index is 0. The van der Waals surface area contributed by atoms with Gasteiger partial charge in [0.25, 0.3) is 0 Å². The zero-order valence-corrected chi connectivity index (χ0v) is 13.3. The van der Waals surface area contributed by atoms with Crippen LogP contribution in [0, 0.1) is 10.8 Å². The Morgan fingerprint density at radius 3 is 1.94 bits per heavy atom. The van der Waals surface area contributed by atoms with Crippen molar-refractivity contribution in [3.8, 4) is 0 Å².